The minimum atomic E-state index is -0.885. The third-order valence-electron chi connectivity index (χ3n) is 5.45. The lowest BCUT2D eigenvalue weighted by Crippen LogP contribution is -2.44. The predicted molar refractivity (Wildman–Crippen MR) is 117 cm³/mol. The molecule has 0 radical (unpaired) electrons. The third-order valence-corrected chi connectivity index (χ3v) is 5.45. The first-order valence-corrected chi connectivity index (χ1v) is 10.5. The Morgan fingerprint density at radius 1 is 1.03 bits per heavy atom. The Balaban J connectivity index is 1.42. The molecule has 0 bridgehead atoms. The van der Waals surface area contributed by atoms with Gasteiger partial charge in [0.15, 0.2) is 0 Å². The number of aromatic nitrogens is 1. The van der Waals surface area contributed by atoms with Crippen molar-refractivity contribution in [2.24, 2.45) is 0 Å². The highest BCUT2D eigenvalue weighted by molar-refractivity contribution is 6.21. The zero-order chi connectivity index (χ0) is 22.7. The number of hydrogen-bond acceptors (Lipinski definition) is 5. The standard InChI is InChI=1S/C24H23N3O5/c1-2-32-24(31)20(13-15-14-25-19-10-6-5-7-16(15)19)26-21(28)11-12-27-22(29)17-8-3-4-9-18(17)23(27)30/h3-10,14,20,25H,2,11-13H2,1H3,(H,26,28)/t20-/m1/s1. The molecule has 0 aliphatic carbocycles. The number of para-hydroxylation sites is 1. The summed E-state index contributed by atoms with van der Waals surface area (Å²) in [5, 5.41) is 3.66. The molecule has 2 N–H and O–H groups in total. The first-order valence-electron chi connectivity index (χ1n) is 10.5. The fraction of sp³-hybridized carbons (Fsp3) is 0.250. The van der Waals surface area contributed by atoms with Crippen LogP contribution in [0.15, 0.2) is 54.7 Å². The second kappa shape index (κ2) is 9.05. The summed E-state index contributed by atoms with van der Waals surface area (Å²) in [4.78, 5) is 54.3. The molecular formula is C24H23N3O5. The number of carbonyl (C=O) groups excluding carboxylic acids is 4. The van der Waals surface area contributed by atoms with Gasteiger partial charge in [0.1, 0.15) is 6.04 Å². The van der Waals surface area contributed by atoms with E-state index in [1.54, 1.807) is 31.2 Å². The van der Waals surface area contributed by atoms with E-state index in [-0.39, 0.29) is 26.0 Å². The topological polar surface area (TPSA) is 109 Å². The number of aromatic amines is 1. The van der Waals surface area contributed by atoms with Crippen LogP contribution < -0.4 is 5.32 Å². The number of hydrogen-bond donors (Lipinski definition) is 2. The van der Waals surface area contributed by atoms with Gasteiger partial charge in [-0.2, -0.15) is 0 Å². The van der Waals surface area contributed by atoms with Crippen molar-refractivity contribution in [3.63, 3.8) is 0 Å². The molecule has 3 aromatic rings. The lowest BCUT2D eigenvalue weighted by Gasteiger charge is -2.18. The number of nitrogens with zero attached hydrogens (tertiary/aromatic N) is 1. The number of rotatable bonds is 8. The molecule has 0 fully saturated rings. The van der Waals surface area contributed by atoms with E-state index >= 15 is 0 Å². The molecular weight excluding hydrogens is 410 g/mol. The van der Waals surface area contributed by atoms with Crippen LogP contribution in [0.1, 0.15) is 39.6 Å². The minimum absolute atomic E-state index is 0.0686. The van der Waals surface area contributed by atoms with Crippen LogP contribution >= 0.6 is 0 Å². The molecule has 0 spiro atoms. The number of nitrogens with one attached hydrogen (secondary N) is 2. The molecule has 8 heteroatoms. The maximum absolute atomic E-state index is 12.6. The number of ether oxygens (including phenoxy) is 1. The second-order valence-corrected chi connectivity index (χ2v) is 7.49. The minimum Gasteiger partial charge on any atom is -0.464 e. The maximum atomic E-state index is 12.6. The van der Waals surface area contributed by atoms with Gasteiger partial charge in [0.25, 0.3) is 11.8 Å². The summed E-state index contributed by atoms with van der Waals surface area (Å²) < 4.78 is 5.14. The summed E-state index contributed by atoms with van der Waals surface area (Å²) in [5.74, 6) is -1.82. The number of esters is 1. The Kier molecular flexibility index (Phi) is 6.02. The Morgan fingerprint density at radius 3 is 2.38 bits per heavy atom. The molecule has 8 nitrogen and oxygen atoms in total. The van der Waals surface area contributed by atoms with E-state index in [1.807, 2.05) is 30.5 Å². The van der Waals surface area contributed by atoms with Crippen LogP contribution in [0.25, 0.3) is 10.9 Å². The summed E-state index contributed by atoms with van der Waals surface area (Å²) in [6.07, 6.45) is 1.94. The van der Waals surface area contributed by atoms with Gasteiger partial charge in [0, 0.05) is 36.5 Å². The van der Waals surface area contributed by atoms with Crippen molar-refractivity contribution in [1.29, 1.82) is 0 Å². The smallest absolute Gasteiger partial charge is 0.328 e. The zero-order valence-electron chi connectivity index (χ0n) is 17.6. The Hall–Kier alpha value is -3.94. The molecule has 2 heterocycles. The summed E-state index contributed by atoms with van der Waals surface area (Å²) in [6.45, 7) is 1.82. The monoisotopic (exact) mass is 433 g/mol. The number of imide groups is 1. The average molecular weight is 433 g/mol. The van der Waals surface area contributed by atoms with Crippen molar-refractivity contribution in [1.82, 2.24) is 15.2 Å². The van der Waals surface area contributed by atoms with Crippen LogP contribution in [0.5, 0.6) is 0 Å². The van der Waals surface area contributed by atoms with Crippen molar-refractivity contribution < 1.29 is 23.9 Å². The summed E-state index contributed by atoms with van der Waals surface area (Å²) in [6, 6.07) is 13.4. The molecule has 0 unspecified atom stereocenters. The quantitative estimate of drug-likeness (QED) is 0.419. The SMILES string of the molecule is CCOC(=O)[C@@H](Cc1c[nH]c2ccccc12)NC(=O)CCN1C(=O)c2ccccc2C1=O. The first kappa shape index (κ1) is 21.3. The van der Waals surface area contributed by atoms with Crippen molar-refractivity contribution in [2.75, 3.05) is 13.2 Å². The highest BCUT2D eigenvalue weighted by Crippen LogP contribution is 2.23. The molecule has 2 aromatic carbocycles. The Labute approximate surface area is 184 Å². The van der Waals surface area contributed by atoms with Crippen molar-refractivity contribution in [2.45, 2.75) is 25.8 Å². The molecule has 32 heavy (non-hydrogen) atoms. The lowest BCUT2D eigenvalue weighted by atomic mass is 10.0. The van der Waals surface area contributed by atoms with Crippen LogP contribution in [-0.2, 0) is 20.7 Å². The fourth-order valence-corrected chi connectivity index (χ4v) is 3.88. The van der Waals surface area contributed by atoms with E-state index < -0.39 is 29.7 Å². The number of carbonyl (C=O) groups is 4. The number of fused-ring (bicyclic) bond motifs is 2. The molecule has 1 aliphatic rings. The van der Waals surface area contributed by atoms with Gasteiger partial charge >= 0.3 is 5.97 Å². The van der Waals surface area contributed by atoms with Gasteiger partial charge < -0.3 is 15.0 Å². The first-order chi connectivity index (χ1) is 15.5. The van der Waals surface area contributed by atoms with Gasteiger partial charge in [-0.25, -0.2) is 4.79 Å². The number of benzene rings is 2. The molecule has 1 atom stereocenters. The second-order valence-electron chi connectivity index (χ2n) is 7.49. The largest absolute Gasteiger partial charge is 0.464 e. The summed E-state index contributed by atoms with van der Waals surface area (Å²) in [7, 11) is 0. The molecule has 1 aromatic heterocycles. The van der Waals surface area contributed by atoms with Crippen LogP contribution in [-0.4, -0.2) is 52.8 Å². The predicted octanol–water partition coefficient (Wildman–Crippen LogP) is 2.44. The van der Waals surface area contributed by atoms with E-state index in [0.29, 0.717) is 11.1 Å². The van der Waals surface area contributed by atoms with Gasteiger partial charge in [-0.1, -0.05) is 30.3 Å². The molecule has 3 amide bonds. The van der Waals surface area contributed by atoms with Gasteiger partial charge in [-0.3, -0.25) is 19.3 Å². The van der Waals surface area contributed by atoms with E-state index in [2.05, 4.69) is 10.3 Å². The fourth-order valence-electron chi connectivity index (χ4n) is 3.88. The van der Waals surface area contributed by atoms with E-state index in [0.717, 1.165) is 21.4 Å². The Morgan fingerprint density at radius 2 is 1.69 bits per heavy atom. The average Bonchev–Trinajstić information content (AvgIpc) is 3.31. The highest BCUT2D eigenvalue weighted by atomic mass is 16.5. The highest BCUT2D eigenvalue weighted by Gasteiger charge is 2.35. The normalized spacial score (nSPS) is 13.8. The van der Waals surface area contributed by atoms with Crippen LogP contribution in [0.4, 0.5) is 0 Å². The van der Waals surface area contributed by atoms with Gasteiger partial charge in [0.05, 0.1) is 17.7 Å². The van der Waals surface area contributed by atoms with Crippen LogP contribution in [0.2, 0.25) is 0 Å². The zero-order valence-corrected chi connectivity index (χ0v) is 17.6. The Bertz CT molecular complexity index is 1160. The molecule has 0 saturated carbocycles. The molecule has 1 aliphatic heterocycles. The number of amides is 3. The van der Waals surface area contributed by atoms with E-state index in [4.69, 9.17) is 4.74 Å². The maximum Gasteiger partial charge on any atom is 0.328 e. The summed E-state index contributed by atoms with van der Waals surface area (Å²) in [5.41, 5.74) is 2.48. The van der Waals surface area contributed by atoms with Gasteiger partial charge in [-0.15, -0.1) is 0 Å². The van der Waals surface area contributed by atoms with E-state index in [9.17, 15) is 19.2 Å². The molecule has 164 valence electrons. The molecule has 4 rings (SSSR count). The van der Waals surface area contributed by atoms with Crippen molar-refractivity contribution in [3.05, 3.63) is 71.4 Å². The van der Waals surface area contributed by atoms with E-state index in [1.165, 1.54) is 0 Å². The number of H-pyrrole nitrogens is 1. The lowest BCUT2D eigenvalue weighted by molar-refractivity contribution is -0.147. The summed E-state index contributed by atoms with van der Waals surface area (Å²) >= 11 is 0. The molecule has 0 saturated heterocycles. The van der Waals surface area contributed by atoms with Gasteiger partial charge in [0.2, 0.25) is 5.91 Å². The third kappa shape index (κ3) is 4.12. The van der Waals surface area contributed by atoms with Gasteiger partial charge in [-0.05, 0) is 30.7 Å². The van der Waals surface area contributed by atoms with Crippen molar-refractivity contribution in [3.8, 4) is 0 Å². The van der Waals surface area contributed by atoms with Crippen LogP contribution in [0.3, 0.4) is 0 Å². The van der Waals surface area contributed by atoms with Crippen LogP contribution in [0, 0.1) is 0 Å². The van der Waals surface area contributed by atoms with Crippen molar-refractivity contribution >= 4 is 34.6 Å².